The quantitative estimate of drug-likeness (QED) is 0.833. The van der Waals surface area contributed by atoms with E-state index in [4.69, 9.17) is 0 Å². The second-order valence-electron chi connectivity index (χ2n) is 3.97. The number of hydrogen-bond acceptors (Lipinski definition) is 3. The fourth-order valence-electron chi connectivity index (χ4n) is 1.76. The van der Waals surface area contributed by atoms with Crippen LogP contribution in [0.15, 0.2) is 41.5 Å². The third-order valence-electron chi connectivity index (χ3n) is 2.88. The molecule has 1 unspecified atom stereocenters. The monoisotopic (exact) mass is 246 g/mol. The van der Waals surface area contributed by atoms with E-state index in [-0.39, 0.29) is 17.6 Å². The molecule has 0 fully saturated rings. The highest BCUT2D eigenvalue weighted by atomic mass is 16.5. The van der Waals surface area contributed by atoms with E-state index in [2.05, 4.69) is 9.72 Å². The number of H-pyrrole nitrogens is 1. The molecule has 0 aliphatic rings. The summed E-state index contributed by atoms with van der Waals surface area (Å²) in [5.74, 6) is -0.589. The zero-order valence-electron chi connectivity index (χ0n) is 10.2. The van der Waals surface area contributed by atoms with Crippen molar-refractivity contribution in [1.29, 1.82) is 0 Å². The van der Waals surface area contributed by atoms with Crippen LogP contribution < -0.4 is 5.69 Å². The van der Waals surface area contributed by atoms with Gasteiger partial charge in [0.1, 0.15) is 0 Å². The summed E-state index contributed by atoms with van der Waals surface area (Å²) in [4.78, 5) is 25.4. The fraction of sp³-hybridized carbons (Fsp3) is 0.231. The van der Waals surface area contributed by atoms with E-state index in [0.29, 0.717) is 0 Å². The Balaban J connectivity index is 2.28. The van der Waals surface area contributed by atoms with Gasteiger partial charge in [-0.2, -0.15) is 0 Å². The van der Waals surface area contributed by atoms with Crippen LogP contribution in [0.5, 0.6) is 0 Å². The Morgan fingerprint density at radius 3 is 2.50 bits per heavy atom. The van der Waals surface area contributed by atoms with Crippen LogP contribution in [0.1, 0.15) is 18.4 Å². The molecule has 1 heterocycles. The van der Waals surface area contributed by atoms with Gasteiger partial charge < -0.3 is 9.72 Å². The summed E-state index contributed by atoms with van der Waals surface area (Å²) in [5, 5.41) is 0. The Labute approximate surface area is 104 Å². The number of hydrogen-bond donors (Lipinski definition) is 1. The Hall–Kier alpha value is -2.30. The van der Waals surface area contributed by atoms with E-state index in [1.165, 1.54) is 11.7 Å². The standard InChI is InChI=1S/C13H14N2O3/c1-9(12(16)18-2)10-3-5-11(6-4-10)15-8-7-14-13(15)17/h3-9H,1-2H3,(H,14,17). The summed E-state index contributed by atoms with van der Waals surface area (Å²) in [6.45, 7) is 1.78. The average Bonchev–Trinajstić information content (AvgIpc) is 2.83. The molecule has 0 bridgehead atoms. The third kappa shape index (κ3) is 2.20. The molecule has 1 N–H and O–H groups in total. The number of imidazole rings is 1. The van der Waals surface area contributed by atoms with Crippen molar-refractivity contribution in [2.75, 3.05) is 7.11 Å². The molecule has 0 saturated carbocycles. The molecule has 2 aromatic rings. The molecule has 0 radical (unpaired) electrons. The van der Waals surface area contributed by atoms with E-state index in [0.717, 1.165) is 11.3 Å². The summed E-state index contributed by atoms with van der Waals surface area (Å²) in [6, 6.07) is 7.22. The van der Waals surface area contributed by atoms with E-state index in [1.54, 1.807) is 31.5 Å². The molecule has 0 saturated heterocycles. The number of rotatable bonds is 3. The Kier molecular flexibility index (Phi) is 3.32. The van der Waals surface area contributed by atoms with Crippen molar-refractivity contribution in [2.45, 2.75) is 12.8 Å². The molecule has 1 aromatic carbocycles. The van der Waals surface area contributed by atoms with Crippen molar-refractivity contribution < 1.29 is 9.53 Å². The van der Waals surface area contributed by atoms with Crippen LogP contribution in [0.25, 0.3) is 5.69 Å². The largest absolute Gasteiger partial charge is 0.469 e. The Bertz CT molecular complexity index is 595. The van der Waals surface area contributed by atoms with Gasteiger partial charge in [-0.3, -0.25) is 9.36 Å². The molecule has 0 aliphatic heterocycles. The lowest BCUT2D eigenvalue weighted by Crippen LogP contribution is -2.14. The van der Waals surface area contributed by atoms with Crippen molar-refractivity contribution >= 4 is 5.97 Å². The van der Waals surface area contributed by atoms with Crippen LogP contribution >= 0.6 is 0 Å². The lowest BCUT2D eigenvalue weighted by Gasteiger charge is -2.10. The molecule has 5 heteroatoms. The van der Waals surface area contributed by atoms with Crippen molar-refractivity contribution in [3.63, 3.8) is 0 Å². The van der Waals surface area contributed by atoms with Crippen LogP contribution in [0.2, 0.25) is 0 Å². The number of nitrogens with one attached hydrogen (secondary N) is 1. The molecule has 18 heavy (non-hydrogen) atoms. The van der Waals surface area contributed by atoms with Crippen LogP contribution in [0, 0.1) is 0 Å². The Morgan fingerprint density at radius 1 is 1.33 bits per heavy atom. The van der Waals surface area contributed by atoms with Crippen LogP contribution in [-0.4, -0.2) is 22.6 Å². The van der Waals surface area contributed by atoms with E-state index in [1.807, 2.05) is 12.1 Å². The van der Waals surface area contributed by atoms with E-state index in [9.17, 15) is 9.59 Å². The number of methoxy groups -OCH3 is 1. The number of benzene rings is 1. The molecule has 0 spiro atoms. The zero-order valence-corrected chi connectivity index (χ0v) is 10.2. The number of ether oxygens (including phenoxy) is 1. The van der Waals surface area contributed by atoms with Gasteiger partial charge in [-0.1, -0.05) is 12.1 Å². The molecule has 94 valence electrons. The molecule has 1 atom stereocenters. The van der Waals surface area contributed by atoms with Gasteiger partial charge in [-0.05, 0) is 24.6 Å². The van der Waals surface area contributed by atoms with Gasteiger partial charge >= 0.3 is 11.7 Å². The maximum absolute atomic E-state index is 11.4. The number of aromatic nitrogens is 2. The van der Waals surface area contributed by atoms with Crippen LogP contribution in [0.4, 0.5) is 0 Å². The van der Waals surface area contributed by atoms with Gasteiger partial charge in [0.05, 0.1) is 18.7 Å². The topological polar surface area (TPSA) is 64.1 Å². The molecular weight excluding hydrogens is 232 g/mol. The predicted molar refractivity (Wildman–Crippen MR) is 66.8 cm³/mol. The van der Waals surface area contributed by atoms with Gasteiger partial charge in [0.2, 0.25) is 0 Å². The number of esters is 1. The molecule has 0 aliphatic carbocycles. The average molecular weight is 246 g/mol. The SMILES string of the molecule is COC(=O)C(C)c1ccc(-n2cc[nH]c2=O)cc1. The van der Waals surface area contributed by atoms with E-state index < -0.39 is 0 Å². The van der Waals surface area contributed by atoms with Gasteiger partial charge in [-0.25, -0.2) is 4.79 Å². The first kappa shape index (κ1) is 12.2. The maximum Gasteiger partial charge on any atom is 0.330 e. The van der Waals surface area contributed by atoms with Crippen molar-refractivity contribution in [2.24, 2.45) is 0 Å². The summed E-state index contributed by atoms with van der Waals surface area (Å²) in [6.07, 6.45) is 3.23. The van der Waals surface area contributed by atoms with Crippen molar-refractivity contribution in [3.05, 3.63) is 52.7 Å². The van der Waals surface area contributed by atoms with Gasteiger partial charge in [0.15, 0.2) is 0 Å². The second-order valence-corrected chi connectivity index (χ2v) is 3.97. The Morgan fingerprint density at radius 2 is 2.00 bits per heavy atom. The first-order valence-electron chi connectivity index (χ1n) is 5.57. The predicted octanol–water partition coefficient (Wildman–Crippen LogP) is 1.44. The van der Waals surface area contributed by atoms with Crippen molar-refractivity contribution in [1.82, 2.24) is 9.55 Å². The normalized spacial score (nSPS) is 12.1. The van der Waals surface area contributed by atoms with Crippen molar-refractivity contribution in [3.8, 4) is 5.69 Å². The third-order valence-corrected chi connectivity index (χ3v) is 2.88. The van der Waals surface area contributed by atoms with Gasteiger partial charge in [0, 0.05) is 12.4 Å². The highest BCUT2D eigenvalue weighted by Crippen LogP contribution is 2.18. The van der Waals surface area contributed by atoms with Gasteiger partial charge in [0.25, 0.3) is 0 Å². The zero-order chi connectivity index (χ0) is 13.1. The smallest absolute Gasteiger partial charge is 0.330 e. The molecule has 2 rings (SSSR count). The number of carbonyl (C=O) groups is 1. The minimum absolute atomic E-state index is 0.191. The minimum atomic E-state index is -0.313. The van der Waals surface area contributed by atoms with Crippen LogP contribution in [0.3, 0.4) is 0 Å². The maximum atomic E-state index is 11.4. The number of nitrogens with zero attached hydrogens (tertiary/aromatic N) is 1. The second kappa shape index (κ2) is 4.91. The highest BCUT2D eigenvalue weighted by molar-refractivity contribution is 5.77. The fourth-order valence-corrected chi connectivity index (χ4v) is 1.76. The van der Waals surface area contributed by atoms with Gasteiger partial charge in [-0.15, -0.1) is 0 Å². The summed E-state index contributed by atoms with van der Waals surface area (Å²) >= 11 is 0. The molecule has 1 aromatic heterocycles. The number of carbonyl (C=O) groups excluding carboxylic acids is 1. The minimum Gasteiger partial charge on any atom is -0.469 e. The first-order valence-corrected chi connectivity index (χ1v) is 5.57. The first-order chi connectivity index (χ1) is 8.63. The molecule has 5 nitrogen and oxygen atoms in total. The summed E-state index contributed by atoms with van der Waals surface area (Å²) in [7, 11) is 1.37. The molecular formula is C13H14N2O3. The number of aromatic amines is 1. The molecule has 0 amide bonds. The lowest BCUT2D eigenvalue weighted by molar-refractivity contribution is -0.141. The lowest BCUT2D eigenvalue weighted by atomic mass is 10.0. The summed E-state index contributed by atoms with van der Waals surface area (Å²) < 4.78 is 6.18. The highest BCUT2D eigenvalue weighted by Gasteiger charge is 2.15. The van der Waals surface area contributed by atoms with Crippen LogP contribution in [-0.2, 0) is 9.53 Å². The van der Waals surface area contributed by atoms with E-state index >= 15 is 0 Å². The summed E-state index contributed by atoms with van der Waals surface area (Å²) in [5.41, 5.74) is 1.42.